The highest BCUT2D eigenvalue weighted by atomic mass is 16.6. The fourth-order valence-electron chi connectivity index (χ4n) is 3.72. The van der Waals surface area contributed by atoms with Crippen LogP contribution in [-0.2, 0) is 36.7 Å². The van der Waals surface area contributed by atoms with Crippen LogP contribution in [0.2, 0.25) is 0 Å². The molecular weight excluding hydrogens is 394 g/mol. The molecule has 0 fully saturated rings. The lowest BCUT2D eigenvalue weighted by Gasteiger charge is -2.35. The second kappa shape index (κ2) is 13.8. The molecule has 0 heterocycles. The Morgan fingerprint density at radius 1 is 0.871 bits per heavy atom. The van der Waals surface area contributed by atoms with Crippen LogP contribution in [0, 0.1) is 5.92 Å². The number of ether oxygens (including phenoxy) is 2. The predicted octanol–water partition coefficient (Wildman–Crippen LogP) is 4.38. The van der Waals surface area contributed by atoms with Gasteiger partial charge >= 0.3 is 11.9 Å². The van der Waals surface area contributed by atoms with Crippen LogP contribution >= 0.6 is 0 Å². The summed E-state index contributed by atoms with van der Waals surface area (Å²) in [6.45, 7) is 10.1. The molecule has 1 rings (SSSR count). The van der Waals surface area contributed by atoms with E-state index in [9.17, 15) is 14.4 Å². The zero-order chi connectivity index (χ0) is 23.4. The van der Waals surface area contributed by atoms with Gasteiger partial charge in [-0.2, -0.15) is 0 Å². The van der Waals surface area contributed by atoms with Crippen molar-refractivity contribution in [3.63, 3.8) is 0 Å². The SMILES string of the molecule is CCCCc1ccc(CCCC(OC(C)=O)C(NC(C)=O)C(OC(C)=O)C(C)C)cc1. The summed E-state index contributed by atoms with van der Waals surface area (Å²) in [5, 5.41) is 2.85. The Labute approximate surface area is 187 Å². The Morgan fingerprint density at radius 2 is 1.39 bits per heavy atom. The van der Waals surface area contributed by atoms with Gasteiger partial charge in [0, 0.05) is 20.8 Å². The normalized spacial score (nSPS) is 13.9. The van der Waals surface area contributed by atoms with E-state index >= 15 is 0 Å². The number of hydrogen-bond acceptors (Lipinski definition) is 5. The first-order valence-corrected chi connectivity index (χ1v) is 11.3. The number of carbonyl (C=O) groups excluding carboxylic acids is 3. The molecule has 31 heavy (non-hydrogen) atoms. The van der Waals surface area contributed by atoms with Crippen molar-refractivity contribution in [2.24, 2.45) is 5.92 Å². The number of nitrogens with one attached hydrogen (secondary N) is 1. The van der Waals surface area contributed by atoms with E-state index in [-0.39, 0.29) is 11.8 Å². The summed E-state index contributed by atoms with van der Waals surface area (Å²) in [5.74, 6) is -1.18. The summed E-state index contributed by atoms with van der Waals surface area (Å²) in [7, 11) is 0. The molecule has 6 nitrogen and oxygen atoms in total. The quantitative estimate of drug-likeness (QED) is 0.467. The Bertz CT molecular complexity index is 698. The Hall–Kier alpha value is -2.37. The lowest BCUT2D eigenvalue weighted by Crippen LogP contribution is -2.54. The van der Waals surface area contributed by atoms with Gasteiger partial charge in [0.05, 0.1) is 0 Å². The van der Waals surface area contributed by atoms with Crippen molar-refractivity contribution in [1.29, 1.82) is 0 Å². The van der Waals surface area contributed by atoms with E-state index in [1.54, 1.807) is 0 Å². The molecule has 0 aliphatic carbocycles. The van der Waals surface area contributed by atoms with Crippen molar-refractivity contribution in [2.75, 3.05) is 0 Å². The summed E-state index contributed by atoms with van der Waals surface area (Å²) in [5.41, 5.74) is 2.56. The number of carbonyl (C=O) groups is 3. The fourth-order valence-corrected chi connectivity index (χ4v) is 3.72. The largest absolute Gasteiger partial charge is 0.460 e. The van der Waals surface area contributed by atoms with Gasteiger partial charge in [-0.05, 0) is 49.1 Å². The van der Waals surface area contributed by atoms with E-state index < -0.39 is 30.2 Å². The molecule has 174 valence electrons. The van der Waals surface area contributed by atoms with Gasteiger partial charge in [0.15, 0.2) is 0 Å². The van der Waals surface area contributed by atoms with E-state index in [1.165, 1.54) is 44.7 Å². The Kier molecular flexibility index (Phi) is 11.9. The number of esters is 2. The van der Waals surface area contributed by atoms with Gasteiger partial charge < -0.3 is 14.8 Å². The minimum atomic E-state index is -0.610. The van der Waals surface area contributed by atoms with Crippen molar-refractivity contribution in [3.05, 3.63) is 35.4 Å². The average molecular weight is 434 g/mol. The molecule has 3 atom stereocenters. The van der Waals surface area contributed by atoms with Gasteiger partial charge in [0.1, 0.15) is 18.2 Å². The zero-order valence-electron chi connectivity index (χ0n) is 19.9. The molecule has 0 bridgehead atoms. The fraction of sp³-hybridized carbons (Fsp3) is 0.640. The molecule has 0 aromatic heterocycles. The summed E-state index contributed by atoms with van der Waals surface area (Å²) < 4.78 is 11.1. The molecule has 0 radical (unpaired) electrons. The maximum Gasteiger partial charge on any atom is 0.302 e. The average Bonchev–Trinajstić information content (AvgIpc) is 2.68. The van der Waals surface area contributed by atoms with Crippen LogP contribution in [0.15, 0.2) is 24.3 Å². The van der Waals surface area contributed by atoms with Gasteiger partial charge in [-0.3, -0.25) is 14.4 Å². The Morgan fingerprint density at radius 3 is 1.81 bits per heavy atom. The minimum Gasteiger partial charge on any atom is -0.460 e. The van der Waals surface area contributed by atoms with Gasteiger partial charge in [-0.1, -0.05) is 51.5 Å². The van der Waals surface area contributed by atoms with Crippen LogP contribution in [0.3, 0.4) is 0 Å². The van der Waals surface area contributed by atoms with Crippen molar-refractivity contribution in [2.45, 2.75) is 98.3 Å². The van der Waals surface area contributed by atoms with Crippen molar-refractivity contribution in [3.8, 4) is 0 Å². The topological polar surface area (TPSA) is 81.7 Å². The summed E-state index contributed by atoms with van der Waals surface area (Å²) >= 11 is 0. The highest BCUT2D eigenvalue weighted by molar-refractivity contribution is 5.73. The van der Waals surface area contributed by atoms with Crippen LogP contribution in [0.1, 0.15) is 78.4 Å². The first kappa shape index (κ1) is 26.7. The van der Waals surface area contributed by atoms with Crippen LogP contribution in [0.4, 0.5) is 0 Å². The first-order valence-electron chi connectivity index (χ1n) is 11.3. The van der Waals surface area contributed by atoms with Gasteiger partial charge in [-0.25, -0.2) is 0 Å². The molecule has 0 saturated heterocycles. The number of aryl methyl sites for hydroxylation is 2. The van der Waals surface area contributed by atoms with Crippen LogP contribution < -0.4 is 5.32 Å². The number of rotatable bonds is 13. The molecule has 0 spiro atoms. The van der Waals surface area contributed by atoms with E-state index in [0.717, 1.165) is 19.3 Å². The molecule has 6 heteroatoms. The molecule has 1 N–H and O–H groups in total. The maximum absolute atomic E-state index is 11.9. The lowest BCUT2D eigenvalue weighted by molar-refractivity contribution is -0.160. The van der Waals surface area contributed by atoms with E-state index in [4.69, 9.17) is 9.47 Å². The van der Waals surface area contributed by atoms with E-state index in [2.05, 4.69) is 36.5 Å². The van der Waals surface area contributed by atoms with Gasteiger partial charge in [0.25, 0.3) is 0 Å². The standard InChI is InChI=1S/C25H39NO5/c1-7-8-10-21-13-15-22(16-14-21)11-9-12-23(30-19(5)28)24(26-18(4)27)25(17(2)3)31-20(6)29/h13-17,23-25H,7-12H2,1-6H3,(H,26,27). The number of benzene rings is 1. The predicted molar refractivity (Wildman–Crippen MR) is 122 cm³/mol. The second-order valence-corrected chi connectivity index (χ2v) is 8.50. The summed E-state index contributed by atoms with van der Waals surface area (Å²) in [4.78, 5) is 35.3. The third-order valence-electron chi connectivity index (χ3n) is 5.20. The molecule has 0 saturated carbocycles. The summed E-state index contributed by atoms with van der Waals surface area (Å²) in [6, 6.07) is 8.02. The molecule has 1 aromatic rings. The maximum atomic E-state index is 11.9. The van der Waals surface area contributed by atoms with E-state index in [1.807, 2.05) is 13.8 Å². The molecule has 3 unspecified atom stereocenters. The molecule has 1 aromatic carbocycles. The van der Waals surface area contributed by atoms with Crippen LogP contribution in [-0.4, -0.2) is 36.1 Å². The Balaban J connectivity index is 2.90. The van der Waals surface area contributed by atoms with Crippen LogP contribution in [0.5, 0.6) is 0 Å². The van der Waals surface area contributed by atoms with E-state index in [0.29, 0.717) is 6.42 Å². The highest BCUT2D eigenvalue weighted by Crippen LogP contribution is 2.21. The van der Waals surface area contributed by atoms with Crippen LogP contribution in [0.25, 0.3) is 0 Å². The zero-order valence-corrected chi connectivity index (χ0v) is 19.9. The number of hydrogen-bond donors (Lipinski definition) is 1. The van der Waals surface area contributed by atoms with Gasteiger partial charge in [0.2, 0.25) is 5.91 Å². The monoisotopic (exact) mass is 433 g/mol. The summed E-state index contributed by atoms with van der Waals surface area (Å²) in [6.07, 6.45) is 4.43. The molecular formula is C25H39NO5. The van der Waals surface area contributed by atoms with Crippen molar-refractivity contribution < 1.29 is 23.9 Å². The molecule has 0 aliphatic heterocycles. The number of amides is 1. The minimum absolute atomic E-state index is 0.0607. The number of unbranched alkanes of at least 4 members (excludes halogenated alkanes) is 1. The molecule has 0 aliphatic rings. The third kappa shape index (κ3) is 10.5. The van der Waals surface area contributed by atoms with Crippen molar-refractivity contribution >= 4 is 17.8 Å². The van der Waals surface area contributed by atoms with Gasteiger partial charge in [-0.15, -0.1) is 0 Å². The molecule has 1 amide bonds. The second-order valence-electron chi connectivity index (χ2n) is 8.50. The first-order chi connectivity index (χ1) is 14.6. The highest BCUT2D eigenvalue weighted by Gasteiger charge is 2.36. The lowest BCUT2D eigenvalue weighted by atomic mass is 9.91. The van der Waals surface area contributed by atoms with Crippen molar-refractivity contribution in [1.82, 2.24) is 5.32 Å². The smallest absolute Gasteiger partial charge is 0.302 e. The third-order valence-corrected chi connectivity index (χ3v) is 5.20.